The maximum absolute atomic E-state index is 14.0. The van der Waals surface area contributed by atoms with Gasteiger partial charge in [-0.3, -0.25) is 42.8 Å². The number of aromatic amines is 2. The Morgan fingerprint density at radius 3 is 1.39 bits per heavy atom. The summed E-state index contributed by atoms with van der Waals surface area (Å²) in [7, 11) is -9.16. The molecule has 0 amide bonds. The molecule has 0 bridgehead atoms. The number of terminal acetylenes is 2. The zero-order chi connectivity index (χ0) is 65.6. The number of esters is 2. The Hall–Kier alpha value is -7.73. The number of rotatable bonds is 22. The fourth-order valence-corrected chi connectivity index (χ4v) is 11.1. The number of aliphatic hydroxyl groups excluding tert-OH is 3. The molecular weight excluding hydrogens is 1220 g/mol. The van der Waals surface area contributed by atoms with E-state index in [-0.39, 0.29) is 36.5 Å². The number of hydrogen-bond donors (Lipinski definition) is 7. The van der Waals surface area contributed by atoms with Gasteiger partial charge < -0.3 is 47.8 Å². The van der Waals surface area contributed by atoms with Crippen LogP contribution in [-0.4, -0.2) is 109 Å². The lowest BCUT2D eigenvalue weighted by molar-refractivity contribution is -0.147. The minimum atomic E-state index is -4.92. The first kappa shape index (κ1) is 71.0. The molecule has 0 saturated carbocycles. The van der Waals surface area contributed by atoms with Crippen molar-refractivity contribution in [3.05, 3.63) is 156 Å². The van der Waals surface area contributed by atoms with Gasteiger partial charge in [-0.1, -0.05) is 75.9 Å². The van der Waals surface area contributed by atoms with E-state index in [2.05, 4.69) is 36.5 Å². The predicted octanol–water partition coefficient (Wildman–Crippen LogP) is 5.37. The average Bonchev–Trinajstić information content (AvgIpc) is 1.64. The monoisotopic (exact) mass is 1280 g/mol. The van der Waals surface area contributed by atoms with Gasteiger partial charge in [-0.25, -0.2) is 31.9 Å². The summed E-state index contributed by atoms with van der Waals surface area (Å²) in [6.07, 6.45) is 6.91. The molecule has 2 fully saturated rings. The van der Waals surface area contributed by atoms with Gasteiger partial charge in [-0.15, -0.1) is 12.8 Å². The van der Waals surface area contributed by atoms with E-state index in [0.717, 1.165) is 21.3 Å². The van der Waals surface area contributed by atoms with Crippen LogP contribution in [0.15, 0.2) is 104 Å². The summed E-state index contributed by atoms with van der Waals surface area (Å²) >= 11 is 0. The Morgan fingerprint density at radius 1 is 0.625 bits per heavy atom. The van der Waals surface area contributed by atoms with Gasteiger partial charge in [0.2, 0.25) is 34.8 Å². The second-order valence-corrected chi connectivity index (χ2v) is 24.2. The maximum Gasteiger partial charge on any atom is 0.513 e. The van der Waals surface area contributed by atoms with Gasteiger partial charge in [0.1, 0.15) is 58.8 Å². The second kappa shape index (κ2) is 30.5. The Morgan fingerprint density at radius 2 is 1.00 bits per heavy atom. The summed E-state index contributed by atoms with van der Waals surface area (Å²) < 4.78 is 140. The summed E-state index contributed by atoms with van der Waals surface area (Å²) in [5.74, 6) is -10.1. The van der Waals surface area contributed by atoms with Gasteiger partial charge in [0.25, 0.3) is 11.1 Å². The molecule has 32 heteroatoms. The van der Waals surface area contributed by atoms with Crippen LogP contribution >= 0.6 is 15.5 Å². The van der Waals surface area contributed by atoms with Crippen LogP contribution in [0.4, 0.5) is 22.0 Å². The fraction of sp³-hybridized carbons (Fsp3) is 0.429. The number of ether oxygens (including phenoxy) is 4. The average molecular weight is 1280 g/mol. The molecule has 0 aliphatic carbocycles. The van der Waals surface area contributed by atoms with E-state index < -0.39 is 158 Å². The lowest BCUT2D eigenvalue weighted by atomic mass is 9.83. The van der Waals surface area contributed by atoms with E-state index >= 15 is 0 Å². The van der Waals surface area contributed by atoms with Gasteiger partial charge in [-0.05, 0) is 63.8 Å². The number of H-pyrrole nitrogens is 2. The number of benzene rings is 3. The van der Waals surface area contributed by atoms with Crippen LogP contribution < -0.4 is 46.2 Å². The highest BCUT2D eigenvalue weighted by Crippen LogP contribution is 2.50. The summed E-state index contributed by atoms with van der Waals surface area (Å²) in [6, 6.07) is 15.0. The number of nitrogens with zero attached hydrogens (tertiary/aromatic N) is 2. The number of hydrogen-bond acceptors (Lipinski definition) is 19. The van der Waals surface area contributed by atoms with Crippen LogP contribution in [-0.2, 0) is 42.2 Å². The molecule has 4 heterocycles. The molecule has 3 aromatic carbocycles. The Kier molecular flexibility index (Phi) is 24.6. The molecule has 7 rings (SSSR count). The molecule has 12 atom stereocenters. The lowest BCUT2D eigenvalue weighted by Gasteiger charge is -2.27. The highest BCUT2D eigenvalue weighted by Gasteiger charge is 2.55. The first-order valence-electron chi connectivity index (χ1n) is 26.6. The summed E-state index contributed by atoms with van der Waals surface area (Å²) in [4.78, 5) is 75.3. The minimum Gasteiger partial charge on any atom is -0.464 e. The first-order valence-corrected chi connectivity index (χ1v) is 29.7. The SMILES string of the molecule is C#C[C@]1(C)[C@H](O)[C@@H](CO)O[C@H]1n1ccc(=O)[nH]c1=O.C#C[C@]1(C)[C@H](O)[C@@H](COP(=O)(N[C@@H](C)C(=O)OCC(C)C)Oc2ccccc2)O[C@H]1n1ccc(=O)[nH]c1=O.CC(C)COC(=O)[C@H](C)NP(=O)(Oc1ccccc1)Oc1c(F)c(F)c(F)c(F)c1F. The summed E-state index contributed by atoms with van der Waals surface area (Å²) in [5.41, 5.74) is -5.23. The number of para-hydroxylation sites is 2. The first-order chi connectivity index (χ1) is 41.3. The molecule has 2 unspecified atom stereocenters. The van der Waals surface area contributed by atoms with Crippen LogP contribution in [0.2, 0.25) is 0 Å². The number of aromatic nitrogens is 4. The highest BCUT2D eigenvalue weighted by atomic mass is 31.2. The number of carbonyl (C=O) groups excluding carboxylic acids is 2. The molecule has 7 N–H and O–H groups in total. The number of halogens is 5. The Bertz CT molecular complexity index is 3650. The predicted molar refractivity (Wildman–Crippen MR) is 302 cm³/mol. The minimum absolute atomic E-state index is 0.0202. The third kappa shape index (κ3) is 17.5. The third-order valence-corrected chi connectivity index (χ3v) is 16.1. The molecule has 2 saturated heterocycles. The highest BCUT2D eigenvalue weighted by molar-refractivity contribution is 7.52. The van der Waals surface area contributed by atoms with Crippen LogP contribution in [0, 0.1) is 76.4 Å². The molecule has 88 heavy (non-hydrogen) atoms. The molecule has 478 valence electrons. The Balaban J connectivity index is 0.000000253. The normalized spacial score (nSPS) is 23.3. The number of carbonyl (C=O) groups is 2. The van der Waals surface area contributed by atoms with Crippen molar-refractivity contribution in [2.45, 2.75) is 104 Å². The third-order valence-electron chi connectivity index (χ3n) is 12.8. The van der Waals surface area contributed by atoms with Crippen LogP contribution in [0.25, 0.3) is 0 Å². The van der Waals surface area contributed by atoms with Crippen molar-refractivity contribution in [1.82, 2.24) is 29.3 Å². The molecule has 0 spiro atoms. The van der Waals surface area contributed by atoms with Gasteiger partial charge in [0, 0.05) is 24.5 Å². The van der Waals surface area contributed by atoms with E-state index in [4.69, 9.17) is 50.5 Å². The summed E-state index contributed by atoms with van der Waals surface area (Å²) in [6.45, 7) is 12.3. The van der Waals surface area contributed by atoms with Crippen molar-refractivity contribution in [3.63, 3.8) is 0 Å². The van der Waals surface area contributed by atoms with E-state index in [1.165, 1.54) is 57.4 Å². The number of aliphatic hydroxyl groups is 3. The van der Waals surface area contributed by atoms with Crippen molar-refractivity contribution in [2.75, 3.05) is 26.4 Å². The van der Waals surface area contributed by atoms with E-state index in [0.29, 0.717) is 0 Å². The molecule has 25 nitrogen and oxygen atoms in total. The molecule has 2 aromatic heterocycles. The second-order valence-electron chi connectivity index (χ2n) is 20.9. The molecule has 5 aromatic rings. The van der Waals surface area contributed by atoms with Gasteiger partial charge >= 0.3 is 38.8 Å². The largest absolute Gasteiger partial charge is 0.513 e. The number of nitrogens with one attached hydrogen (secondary N) is 4. The summed E-state index contributed by atoms with van der Waals surface area (Å²) in [5, 5.41) is 34.9. The van der Waals surface area contributed by atoms with Crippen molar-refractivity contribution in [2.24, 2.45) is 22.7 Å². The van der Waals surface area contributed by atoms with E-state index in [9.17, 15) is 70.1 Å². The van der Waals surface area contributed by atoms with Gasteiger partial charge in [-0.2, -0.15) is 19.0 Å². The van der Waals surface area contributed by atoms with E-state index in [1.807, 2.05) is 13.8 Å². The van der Waals surface area contributed by atoms with Crippen molar-refractivity contribution < 1.29 is 93.0 Å². The molecule has 2 aliphatic heterocycles. The van der Waals surface area contributed by atoms with Gasteiger partial charge in [0.05, 0.1) is 26.4 Å². The van der Waals surface area contributed by atoms with E-state index in [1.54, 1.807) is 57.2 Å². The topological polar surface area (TPSA) is 337 Å². The Labute approximate surface area is 499 Å². The fourth-order valence-electron chi connectivity index (χ4n) is 8.03. The molecule has 0 radical (unpaired) electrons. The molecule has 2 aliphatic rings. The smallest absolute Gasteiger partial charge is 0.464 e. The van der Waals surface area contributed by atoms with Crippen molar-refractivity contribution >= 4 is 27.4 Å². The van der Waals surface area contributed by atoms with Crippen molar-refractivity contribution in [3.8, 4) is 41.9 Å². The van der Waals surface area contributed by atoms with Gasteiger partial charge in [0.15, 0.2) is 12.5 Å². The lowest BCUT2D eigenvalue weighted by Crippen LogP contribution is -2.41. The quantitative estimate of drug-likeness (QED) is 0.0114. The molecular formula is C56H65F5N6O19P2. The zero-order valence-corrected chi connectivity index (χ0v) is 50.2. The maximum atomic E-state index is 14.0. The van der Waals surface area contributed by atoms with Crippen LogP contribution in [0.3, 0.4) is 0 Å². The van der Waals surface area contributed by atoms with Crippen LogP contribution in [0.5, 0.6) is 17.2 Å². The zero-order valence-electron chi connectivity index (χ0n) is 48.4. The van der Waals surface area contributed by atoms with Crippen molar-refractivity contribution in [1.29, 1.82) is 0 Å². The van der Waals surface area contributed by atoms with Crippen LogP contribution in [0.1, 0.15) is 67.8 Å². The standard InChI is InChI=1S/C25H32N3O9P.C19H19F5NO5P.C12H14N2O5/c1-6-25(5)21(30)19(36-23(25)28-13-12-20(29)26-24(28)32)15-35-38(33,37-18-10-8-7-9-11-18)27-17(4)22(31)34-14-16(2)3;1-10(2)9-28-19(26)11(3)25-31(27,29-12-7-5-4-6-8-12)30-18-16(23)14(21)13(20)15(22)17(18)24;1-3-12(2)9(17)7(6-15)19-10(12)14-5-4-8(16)13-11(14)18/h1,7-13,16-17,19,21,23,30H,14-15H2,2-5H3,(H,27,33)(H,26,29,32);4-8,10-11H,9H2,1-3H3,(H,25,27);1,4-5,7,9-10,15,17H,6H2,2H3,(H,13,16,18)/t17-,19+,21+,23+,25+,38?;11-,31?;7-,9-,10-,12-/m001/s1.